The molecular formula is C17H19N3O3. The summed E-state index contributed by atoms with van der Waals surface area (Å²) in [4.78, 5) is 22.4. The lowest BCUT2D eigenvalue weighted by molar-refractivity contribution is -0.384. The van der Waals surface area contributed by atoms with Crippen LogP contribution < -0.4 is 5.56 Å². The first-order valence-electron chi connectivity index (χ1n) is 7.96. The first kappa shape index (κ1) is 15.4. The van der Waals surface area contributed by atoms with Gasteiger partial charge in [-0.25, -0.2) is 4.68 Å². The Morgan fingerprint density at radius 2 is 2.00 bits per heavy atom. The fourth-order valence-corrected chi connectivity index (χ4v) is 3.15. The molecule has 23 heavy (non-hydrogen) atoms. The van der Waals surface area contributed by atoms with Gasteiger partial charge in [-0.05, 0) is 18.4 Å². The molecule has 0 bridgehead atoms. The molecular weight excluding hydrogens is 294 g/mol. The third-order valence-corrected chi connectivity index (χ3v) is 4.44. The lowest BCUT2D eigenvalue weighted by atomic mass is 10.0. The van der Waals surface area contributed by atoms with Crippen LogP contribution in [0.4, 0.5) is 5.69 Å². The van der Waals surface area contributed by atoms with E-state index in [2.05, 4.69) is 5.10 Å². The van der Waals surface area contributed by atoms with Crippen LogP contribution in [0.25, 0.3) is 11.3 Å². The molecule has 1 aromatic heterocycles. The smallest absolute Gasteiger partial charge is 0.268 e. The van der Waals surface area contributed by atoms with Crippen molar-refractivity contribution in [2.45, 2.75) is 38.6 Å². The van der Waals surface area contributed by atoms with Crippen molar-refractivity contribution in [1.82, 2.24) is 9.78 Å². The number of nitro groups is 1. The number of hydrogen-bond donors (Lipinski definition) is 0. The Labute approximate surface area is 133 Å². The highest BCUT2D eigenvalue weighted by molar-refractivity contribution is 5.61. The third kappa shape index (κ3) is 3.64. The van der Waals surface area contributed by atoms with E-state index in [0.717, 1.165) is 6.42 Å². The molecule has 1 fully saturated rings. The molecule has 2 aromatic rings. The standard InChI is InChI=1S/C17H19N3O3/c21-17-9-8-16(14-6-3-7-15(12-14)20(22)23)18-19(17)11-10-13-4-1-2-5-13/h3,6-9,12-13H,1-2,4-5,10-11H2. The number of benzene rings is 1. The molecule has 0 unspecified atom stereocenters. The Morgan fingerprint density at radius 1 is 1.22 bits per heavy atom. The van der Waals surface area contributed by atoms with Crippen molar-refractivity contribution in [3.63, 3.8) is 0 Å². The fourth-order valence-electron chi connectivity index (χ4n) is 3.15. The Morgan fingerprint density at radius 3 is 2.74 bits per heavy atom. The van der Waals surface area contributed by atoms with Gasteiger partial charge in [-0.3, -0.25) is 14.9 Å². The number of nitrogens with zero attached hydrogens (tertiary/aromatic N) is 3. The summed E-state index contributed by atoms with van der Waals surface area (Å²) in [5.74, 6) is 0.685. The van der Waals surface area contributed by atoms with E-state index in [0.29, 0.717) is 23.7 Å². The van der Waals surface area contributed by atoms with Gasteiger partial charge in [0, 0.05) is 30.3 Å². The zero-order valence-corrected chi connectivity index (χ0v) is 12.9. The maximum absolute atomic E-state index is 12.0. The molecule has 6 nitrogen and oxygen atoms in total. The number of aromatic nitrogens is 2. The molecule has 0 radical (unpaired) electrons. The summed E-state index contributed by atoms with van der Waals surface area (Å²) in [5, 5.41) is 15.3. The Bertz CT molecular complexity index is 764. The maximum Gasteiger partial charge on any atom is 0.270 e. The molecule has 0 amide bonds. The molecule has 0 atom stereocenters. The summed E-state index contributed by atoms with van der Waals surface area (Å²) >= 11 is 0. The molecule has 0 spiro atoms. The van der Waals surface area contributed by atoms with Crippen molar-refractivity contribution < 1.29 is 4.92 Å². The van der Waals surface area contributed by atoms with Crippen molar-refractivity contribution in [1.29, 1.82) is 0 Å². The first-order chi connectivity index (χ1) is 11.1. The summed E-state index contributed by atoms with van der Waals surface area (Å²) in [6, 6.07) is 9.42. The number of non-ortho nitro benzene ring substituents is 1. The molecule has 1 aliphatic rings. The van der Waals surface area contributed by atoms with E-state index < -0.39 is 4.92 Å². The maximum atomic E-state index is 12.0. The zero-order valence-electron chi connectivity index (χ0n) is 12.9. The highest BCUT2D eigenvalue weighted by atomic mass is 16.6. The van der Waals surface area contributed by atoms with Crippen molar-refractivity contribution in [3.05, 3.63) is 56.9 Å². The Hall–Kier alpha value is -2.50. The average Bonchev–Trinajstić information content (AvgIpc) is 3.07. The van der Waals surface area contributed by atoms with E-state index in [1.165, 1.54) is 48.6 Å². The monoisotopic (exact) mass is 313 g/mol. The predicted octanol–water partition coefficient (Wildman–Crippen LogP) is 3.40. The van der Waals surface area contributed by atoms with E-state index in [-0.39, 0.29) is 11.2 Å². The van der Waals surface area contributed by atoms with Gasteiger partial charge in [0.25, 0.3) is 11.2 Å². The second-order valence-electron chi connectivity index (χ2n) is 6.03. The summed E-state index contributed by atoms with van der Waals surface area (Å²) < 4.78 is 1.48. The van der Waals surface area contributed by atoms with Crippen molar-refractivity contribution >= 4 is 5.69 Å². The summed E-state index contributed by atoms with van der Waals surface area (Å²) in [7, 11) is 0. The van der Waals surface area contributed by atoms with Crippen LogP contribution in [-0.4, -0.2) is 14.7 Å². The van der Waals surface area contributed by atoms with E-state index in [9.17, 15) is 14.9 Å². The first-order valence-corrected chi connectivity index (χ1v) is 7.96. The number of hydrogen-bond acceptors (Lipinski definition) is 4. The lowest BCUT2D eigenvalue weighted by Gasteiger charge is -2.10. The van der Waals surface area contributed by atoms with E-state index in [1.54, 1.807) is 18.2 Å². The number of nitro benzene ring substituents is 1. The quantitative estimate of drug-likeness (QED) is 0.626. The van der Waals surface area contributed by atoms with Gasteiger partial charge in [-0.2, -0.15) is 5.10 Å². The Kier molecular flexibility index (Phi) is 4.50. The summed E-state index contributed by atoms with van der Waals surface area (Å²) in [6.07, 6.45) is 5.99. The van der Waals surface area contributed by atoms with Gasteiger partial charge in [0.1, 0.15) is 0 Å². The largest absolute Gasteiger partial charge is 0.270 e. The van der Waals surface area contributed by atoms with Crippen LogP contribution in [-0.2, 0) is 6.54 Å². The molecule has 6 heteroatoms. The molecule has 0 N–H and O–H groups in total. The van der Waals surface area contributed by atoms with Crippen LogP contribution in [0.5, 0.6) is 0 Å². The zero-order chi connectivity index (χ0) is 16.2. The average molecular weight is 313 g/mol. The van der Waals surface area contributed by atoms with E-state index in [4.69, 9.17) is 0 Å². The van der Waals surface area contributed by atoms with Gasteiger partial charge < -0.3 is 0 Å². The van der Waals surface area contributed by atoms with Gasteiger partial charge in [0.15, 0.2) is 0 Å². The minimum Gasteiger partial charge on any atom is -0.268 e. The molecule has 1 saturated carbocycles. The van der Waals surface area contributed by atoms with Crippen LogP contribution in [0.1, 0.15) is 32.1 Å². The van der Waals surface area contributed by atoms with Crippen LogP contribution in [0, 0.1) is 16.0 Å². The van der Waals surface area contributed by atoms with Crippen LogP contribution in [0.3, 0.4) is 0 Å². The predicted molar refractivity (Wildman–Crippen MR) is 87.2 cm³/mol. The highest BCUT2D eigenvalue weighted by Gasteiger charge is 2.15. The van der Waals surface area contributed by atoms with Gasteiger partial charge in [0.2, 0.25) is 0 Å². The SMILES string of the molecule is O=c1ccc(-c2cccc([N+](=O)[O-])c2)nn1CCC1CCCC1. The normalized spacial score (nSPS) is 15.0. The highest BCUT2D eigenvalue weighted by Crippen LogP contribution is 2.27. The lowest BCUT2D eigenvalue weighted by Crippen LogP contribution is -2.23. The minimum absolute atomic E-state index is 0.0213. The number of rotatable bonds is 5. The van der Waals surface area contributed by atoms with Crippen LogP contribution >= 0.6 is 0 Å². The fraction of sp³-hybridized carbons (Fsp3) is 0.412. The molecule has 3 rings (SSSR count). The van der Waals surface area contributed by atoms with Crippen molar-refractivity contribution in [3.8, 4) is 11.3 Å². The second kappa shape index (κ2) is 6.73. The summed E-state index contributed by atoms with van der Waals surface area (Å²) in [5.41, 5.74) is 1.12. The van der Waals surface area contributed by atoms with E-state index >= 15 is 0 Å². The molecule has 0 saturated heterocycles. The molecule has 1 aromatic carbocycles. The molecule has 1 heterocycles. The van der Waals surface area contributed by atoms with Gasteiger partial charge in [-0.15, -0.1) is 0 Å². The molecule has 0 aliphatic heterocycles. The summed E-state index contributed by atoms with van der Waals surface area (Å²) in [6.45, 7) is 0.603. The van der Waals surface area contributed by atoms with Gasteiger partial charge >= 0.3 is 0 Å². The molecule has 1 aliphatic carbocycles. The minimum atomic E-state index is -0.431. The van der Waals surface area contributed by atoms with Crippen molar-refractivity contribution in [2.75, 3.05) is 0 Å². The molecule has 120 valence electrons. The second-order valence-corrected chi connectivity index (χ2v) is 6.03. The van der Waals surface area contributed by atoms with Crippen LogP contribution in [0.15, 0.2) is 41.2 Å². The number of aryl methyl sites for hydroxylation is 1. The Balaban J connectivity index is 1.83. The van der Waals surface area contributed by atoms with E-state index in [1.807, 2.05) is 0 Å². The third-order valence-electron chi connectivity index (χ3n) is 4.44. The topological polar surface area (TPSA) is 78.0 Å². The van der Waals surface area contributed by atoms with Crippen molar-refractivity contribution in [2.24, 2.45) is 5.92 Å². The van der Waals surface area contributed by atoms with Crippen LogP contribution in [0.2, 0.25) is 0 Å². The van der Waals surface area contributed by atoms with Gasteiger partial charge in [0.05, 0.1) is 10.6 Å². The van der Waals surface area contributed by atoms with Gasteiger partial charge in [-0.1, -0.05) is 37.8 Å².